The van der Waals surface area contributed by atoms with E-state index in [9.17, 15) is 0 Å². The molecule has 0 aliphatic carbocycles. The molecule has 0 amide bonds. The Kier molecular flexibility index (Phi) is 5.18. The van der Waals surface area contributed by atoms with Crippen molar-refractivity contribution in [1.82, 2.24) is 9.38 Å². The van der Waals surface area contributed by atoms with Crippen LogP contribution < -0.4 is 10.6 Å². The summed E-state index contributed by atoms with van der Waals surface area (Å²) in [6, 6.07) is 0. The Morgan fingerprint density at radius 2 is 2.32 bits per heavy atom. The van der Waals surface area contributed by atoms with Crippen molar-refractivity contribution in [2.45, 2.75) is 20.3 Å². The van der Waals surface area contributed by atoms with Gasteiger partial charge in [0.15, 0.2) is 10.8 Å². The summed E-state index contributed by atoms with van der Waals surface area (Å²) in [5.74, 6) is 1.06. The first-order valence-electron chi connectivity index (χ1n) is 6.79. The first-order chi connectivity index (χ1) is 9.31. The highest BCUT2D eigenvalue weighted by Gasteiger charge is 2.17. The first kappa shape index (κ1) is 14.3. The van der Waals surface area contributed by atoms with E-state index in [2.05, 4.69) is 27.8 Å². The number of hydrogen-bond acceptors (Lipinski definition) is 5. The molecule has 106 valence electrons. The van der Waals surface area contributed by atoms with Crippen molar-refractivity contribution in [3.05, 3.63) is 17.3 Å². The number of rotatable bonds is 8. The minimum atomic E-state index is 0.639. The maximum atomic E-state index is 5.73. The number of nitrogens with two attached hydrogens (primary N) is 1. The van der Waals surface area contributed by atoms with Crippen LogP contribution in [0, 0.1) is 0 Å². The van der Waals surface area contributed by atoms with Crippen LogP contribution in [-0.2, 0) is 11.2 Å². The van der Waals surface area contributed by atoms with Crippen LogP contribution in [0.15, 0.2) is 11.6 Å². The average Bonchev–Trinajstić information content (AvgIpc) is 2.98. The van der Waals surface area contributed by atoms with E-state index in [0.29, 0.717) is 6.54 Å². The van der Waals surface area contributed by atoms with Gasteiger partial charge < -0.3 is 15.4 Å². The van der Waals surface area contributed by atoms with Crippen molar-refractivity contribution >= 4 is 22.1 Å². The normalized spacial score (nSPS) is 11.3. The van der Waals surface area contributed by atoms with Crippen LogP contribution >= 0.6 is 11.3 Å². The second-order valence-electron chi connectivity index (χ2n) is 4.25. The molecule has 5 nitrogen and oxygen atoms in total. The van der Waals surface area contributed by atoms with Gasteiger partial charge in [-0.25, -0.2) is 4.98 Å². The molecule has 0 aliphatic heterocycles. The highest BCUT2D eigenvalue weighted by atomic mass is 32.1. The number of likely N-dealkylation sites (N-methyl/N-ethyl adjacent to an activating group) is 1. The van der Waals surface area contributed by atoms with E-state index in [-0.39, 0.29) is 0 Å². The van der Waals surface area contributed by atoms with E-state index in [1.54, 1.807) is 11.3 Å². The van der Waals surface area contributed by atoms with E-state index in [0.717, 1.165) is 43.5 Å². The SMILES string of the molecule is CCOCCN(CC)c1nc2sccn2c1CCN. The molecule has 0 aliphatic rings. The third-order valence-corrected chi connectivity index (χ3v) is 3.87. The third kappa shape index (κ3) is 3.08. The zero-order valence-electron chi connectivity index (χ0n) is 11.6. The van der Waals surface area contributed by atoms with Crippen molar-refractivity contribution < 1.29 is 4.74 Å². The van der Waals surface area contributed by atoms with Crippen LogP contribution in [0.1, 0.15) is 19.5 Å². The Labute approximate surface area is 118 Å². The molecule has 0 fully saturated rings. The van der Waals surface area contributed by atoms with Gasteiger partial charge in [-0.15, -0.1) is 11.3 Å². The number of hydrogen-bond donors (Lipinski definition) is 1. The molecule has 2 aromatic rings. The van der Waals surface area contributed by atoms with Gasteiger partial charge in [0, 0.05) is 37.7 Å². The molecule has 0 saturated heterocycles. The number of anilines is 1. The minimum absolute atomic E-state index is 0.639. The largest absolute Gasteiger partial charge is 0.380 e. The fourth-order valence-corrected chi connectivity index (χ4v) is 2.90. The van der Waals surface area contributed by atoms with Crippen LogP contribution in [-0.4, -0.2) is 42.2 Å². The van der Waals surface area contributed by atoms with E-state index < -0.39 is 0 Å². The lowest BCUT2D eigenvalue weighted by molar-refractivity contribution is 0.154. The zero-order valence-corrected chi connectivity index (χ0v) is 12.4. The topological polar surface area (TPSA) is 55.8 Å². The molecule has 0 spiro atoms. The van der Waals surface area contributed by atoms with Crippen LogP contribution in [0.5, 0.6) is 0 Å². The summed E-state index contributed by atoms with van der Waals surface area (Å²) in [5, 5.41) is 2.06. The molecule has 19 heavy (non-hydrogen) atoms. The van der Waals surface area contributed by atoms with Gasteiger partial charge in [-0.1, -0.05) is 0 Å². The molecule has 0 unspecified atom stereocenters. The number of thiazole rings is 1. The van der Waals surface area contributed by atoms with Crippen molar-refractivity contribution in [3.63, 3.8) is 0 Å². The predicted molar refractivity (Wildman–Crippen MR) is 80.2 cm³/mol. The summed E-state index contributed by atoms with van der Waals surface area (Å²) in [4.78, 5) is 8.04. The lowest BCUT2D eigenvalue weighted by atomic mass is 10.3. The third-order valence-electron chi connectivity index (χ3n) is 3.11. The monoisotopic (exact) mass is 282 g/mol. The molecule has 6 heteroatoms. The van der Waals surface area contributed by atoms with E-state index in [1.165, 1.54) is 5.69 Å². The molecule has 0 aromatic carbocycles. The second-order valence-corrected chi connectivity index (χ2v) is 5.13. The van der Waals surface area contributed by atoms with Crippen molar-refractivity contribution in [2.24, 2.45) is 5.73 Å². The Morgan fingerprint density at radius 1 is 1.47 bits per heavy atom. The molecule has 2 rings (SSSR count). The van der Waals surface area contributed by atoms with Crippen LogP contribution in [0.3, 0.4) is 0 Å². The molecular formula is C13H22N4OS. The van der Waals surface area contributed by atoms with Gasteiger partial charge in [0.25, 0.3) is 0 Å². The Bertz CT molecular complexity index is 508. The van der Waals surface area contributed by atoms with Gasteiger partial charge in [0.05, 0.1) is 12.3 Å². The molecule has 0 atom stereocenters. The average molecular weight is 282 g/mol. The summed E-state index contributed by atoms with van der Waals surface area (Å²) in [6.07, 6.45) is 2.91. The Hall–Kier alpha value is -1.11. The lowest BCUT2D eigenvalue weighted by Crippen LogP contribution is -2.28. The van der Waals surface area contributed by atoms with Gasteiger partial charge in [-0.05, 0) is 20.4 Å². The van der Waals surface area contributed by atoms with Crippen LogP contribution in [0.25, 0.3) is 4.96 Å². The van der Waals surface area contributed by atoms with Crippen molar-refractivity contribution in [3.8, 4) is 0 Å². The molecule has 0 radical (unpaired) electrons. The maximum Gasteiger partial charge on any atom is 0.195 e. The molecule has 2 heterocycles. The highest BCUT2D eigenvalue weighted by molar-refractivity contribution is 7.15. The Balaban J connectivity index is 2.24. The molecule has 2 aromatic heterocycles. The molecule has 0 saturated carbocycles. The smallest absolute Gasteiger partial charge is 0.195 e. The van der Waals surface area contributed by atoms with E-state index >= 15 is 0 Å². The van der Waals surface area contributed by atoms with Gasteiger partial charge in [-0.3, -0.25) is 4.40 Å². The number of aromatic nitrogens is 2. The predicted octanol–water partition coefficient (Wildman–Crippen LogP) is 1.76. The van der Waals surface area contributed by atoms with Crippen molar-refractivity contribution in [2.75, 3.05) is 37.7 Å². The van der Waals surface area contributed by atoms with Gasteiger partial charge in [-0.2, -0.15) is 0 Å². The standard InChI is InChI=1S/C13H22N4OS/c1-3-16(7-9-18-4-2)12-11(5-6-14)17-8-10-19-13(17)15-12/h8,10H,3-7,9,14H2,1-2H3. The summed E-state index contributed by atoms with van der Waals surface area (Å²) < 4.78 is 7.59. The number of fused-ring (bicyclic) bond motifs is 1. The Morgan fingerprint density at radius 3 is 3.00 bits per heavy atom. The number of nitrogens with zero attached hydrogens (tertiary/aromatic N) is 3. The van der Waals surface area contributed by atoms with E-state index in [1.807, 2.05) is 6.92 Å². The first-order valence-corrected chi connectivity index (χ1v) is 7.66. The number of ether oxygens (including phenoxy) is 1. The summed E-state index contributed by atoms with van der Waals surface area (Å²) in [6.45, 7) is 8.08. The molecule has 2 N–H and O–H groups in total. The van der Waals surface area contributed by atoms with Gasteiger partial charge in [0.1, 0.15) is 0 Å². The van der Waals surface area contributed by atoms with Gasteiger partial charge >= 0.3 is 0 Å². The van der Waals surface area contributed by atoms with Crippen LogP contribution in [0.2, 0.25) is 0 Å². The lowest BCUT2D eigenvalue weighted by Gasteiger charge is -2.21. The molecular weight excluding hydrogens is 260 g/mol. The fourth-order valence-electron chi connectivity index (χ4n) is 2.18. The summed E-state index contributed by atoms with van der Waals surface area (Å²) >= 11 is 1.66. The van der Waals surface area contributed by atoms with Crippen molar-refractivity contribution in [1.29, 1.82) is 0 Å². The zero-order chi connectivity index (χ0) is 13.7. The summed E-state index contributed by atoms with van der Waals surface area (Å²) in [5.41, 5.74) is 6.94. The fraction of sp³-hybridized carbons (Fsp3) is 0.615. The number of imidazole rings is 1. The minimum Gasteiger partial charge on any atom is -0.380 e. The molecule has 0 bridgehead atoms. The highest BCUT2D eigenvalue weighted by Crippen LogP contribution is 2.24. The quantitative estimate of drug-likeness (QED) is 0.750. The maximum absolute atomic E-state index is 5.73. The van der Waals surface area contributed by atoms with Gasteiger partial charge in [0.2, 0.25) is 0 Å². The summed E-state index contributed by atoms with van der Waals surface area (Å²) in [7, 11) is 0. The van der Waals surface area contributed by atoms with Crippen LogP contribution in [0.4, 0.5) is 5.82 Å². The van der Waals surface area contributed by atoms with E-state index in [4.69, 9.17) is 15.5 Å². The second kappa shape index (κ2) is 6.88.